The molecular formula is C17H21BrN4O2. The van der Waals surface area contributed by atoms with Gasteiger partial charge >= 0.3 is 0 Å². The number of benzene rings is 1. The molecule has 0 spiro atoms. The third-order valence-corrected chi connectivity index (χ3v) is 4.75. The maximum Gasteiger partial charge on any atom is 0.229 e. The first-order valence-electron chi connectivity index (χ1n) is 8.16. The van der Waals surface area contributed by atoms with Crippen LogP contribution in [0.2, 0.25) is 0 Å². The minimum atomic E-state index is -0.318. The Hall–Kier alpha value is -1.89. The van der Waals surface area contributed by atoms with Gasteiger partial charge in [0.05, 0.1) is 5.52 Å². The summed E-state index contributed by atoms with van der Waals surface area (Å²) < 4.78 is 0.918. The average Bonchev–Trinajstić information content (AvgIpc) is 2.88. The van der Waals surface area contributed by atoms with Crippen molar-refractivity contribution in [2.75, 3.05) is 5.32 Å². The summed E-state index contributed by atoms with van der Waals surface area (Å²) in [5.41, 5.74) is 0.854. The van der Waals surface area contributed by atoms with E-state index in [4.69, 9.17) is 0 Å². The molecule has 1 saturated heterocycles. The van der Waals surface area contributed by atoms with E-state index in [1.807, 2.05) is 18.2 Å². The highest BCUT2D eigenvalue weighted by molar-refractivity contribution is 9.10. The number of rotatable bonds is 4. The number of aromatic amines is 1. The fourth-order valence-electron chi connectivity index (χ4n) is 3.22. The molecule has 2 aromatic rings. The number of anilines is 1. The zero-order chi connectivity index (χ0) is 17.3. The van der Waals surface area contributed by atoms with Crippen molar-refractivity contribution in [3.8, 4) is 0 Å². The number of carbonyl (C=O) groups is 2. The molecule has 1 fully saturated rings. The molecule has 2 amide bonds. The second kappa shape index (κ2) is 6.93. The molecule has 2 atom stereocenters. The Labute approximate surface area is 148 Å². The zero-order valence-corrected chi connectivity index (χ0v) is 15.3. The summed E-state index contributed by atoms with van der Waals surface area (Å²) in [6, 6.07) is 5.78. The molecule has 1 aromatic carbocycles. The summed E-state index contributed by atoms with van der Waals surface area (Å²) in [5, 5.41) is 13.8. The predicted molar refractivity (Wildman–Crippen MR) is 96.5 cm³/mol. The molecule has 6 nitrogen and oxygen atoms in total. The van der Waals surface area contributed by atoms with Gasteiger partial charge in [-0.1, -0.05) is 29.8 Å². The van der Waals surface area contributed by atoms with Crippen LogP contribution in [0.3, 0.4) is 0 Å². The normalized spacial score (nSPS) is 21.1. The van der Waals surface area contributed by atoms with Crippen LogP contribution in [0.5, 0.6) is 0 Å². The highest BCUT2D eigenvalue weighted by Gasteiger charge is 2.32. The lowest BCUT2D eigenvalue weighted by molar-refractivity contribution is -0.131. The van der Waals surface area contributed by atoms with Gasteiger partial charge in [-0.2, -0.15) is 5.10 Å². The van der Waals surface area contributed by atoms with Crippen molar-refractivity contribution in [1.29, 1.82) is 0 Å². The highest BCUT2D eigenvalue weighted by Crippen LogP contribution is 2.27. The largest absolute Gasteiger partial charge is 0.353 e. The number of hydrogen-bond acceptors (Lipinski definition) is 3. The summed E-state index contributed by atoms with van der Waals surface area (Å²) in [4.78, 5) is 24.5. The van der Waals surface area contributed by atoms with E-state index < -0.39 is 0 Å². The number of amides is 2. The number of carbonyl (C=O) groups excluding carboxylic acids is 2. The molecule has 0 bridgehead atoms. The fraction of sp³-hybridized carbons (Fsp3) is 0.471. The Kier molecular flexibility index (Phi) is 4.89. The highest BCUT2D eigenvalue weighted by atomic mass is 79.9. The quantitative estimate of drug-likeness (QED) is 0.746. The van der Waals surface area contributed by atoms with Gasteiger partial charge in [-0.15, -0.1) is 0 Å². The molecule has 0 aliphatic carbocycles. The van der Waals surface area contributed by atoms with Crippen LogP contribution in [0.25, 0.3) is 10.9 Å². The van der Waals surface area contributed by atoms with Gasteiger partial charge in [-0.05, 0) is 37.0 Å². The zero-order valence-electron chi connectivity index (χ0n) is 13.7. The van der Waals surface area contributed by atoms with Crippen molar-refractivity contribution >= 4 is 44.5 Å². The van der Waals surface area contributed by atoms with E-state index in [2.05, 4.69) is 50.6 Å². The van der Waals surface area contributed by atoms with E-state index in [0.29, 0.717) is 18.2 Å². The number of fused-ring (bicyclic) bond motifs is 1. The topological polar surface area (TPSA) is 86.9 Å². The number of piperidine rings is 1. The van der Waals surface area contributed by atoms with Gasteiger partial charge in [0.15, 0.2) is 5.82 Å². The third-order valence-electron chi connectivity index (χ3n) is 4.26. The summed E-state index contributed by atoms with van der Waals surface area (Å²) in [6.07, 6.45) is 1.78. The molecule has 24 heavy (non-hydrogen) atoms. The smallest absolute Gasteiger partial charge is 0.229 e. The van der Waals surface area contributed by atoms with Gasteiger partial charge in [-0.3, -0.25) is 14.7 Å². The van der Waals surface area contributed by atoms with Crippen molar-refractivity contribution in [2.45, 2.75) is 39.2 Å². The molecule has 0 radical (unpaired) electrons. The summed E-state index contributed by atoms with van der Waals surface area (Å²) in [5.74, 6) is 0.461. The molecule has 0 saturated carbocycles. The number of aromatic nitrogens is 2. The molecule has 1 aliphatic rings. The first kappa shape index (κ1) is 17.0. The minimum Gasteiger partial charge on any atom is -0.353 e. The number of hydrogen-bond donors (Lipinski definition) is 3. The first-order valence-corrected chi connectivity index (χ1v) is 8.95. The van der Waals surface area contributed by atoms with Gasteiger partial charge in [0.25, 0.3) is 0 Å². The Bertz CT molecular complexity index is 771. The van der Waals surface area contributed by atoms with Gasteiger partial charge in [0.1, 0.15) is 0 Å². The lowest BCUT2D eigenvalue weighted by atomic mass is 9.87. The molecule has 1 aliphatic heterocycles. The van der Waals surface area contributed by atoms with Crippen molar-refractivity contribution < 1.29 is 9.59 Å². The molecule has 128 valence electrons. The van der Waals surface area contributed by atoms with Gasteiger partial charge in [0.2, 0.25) is 11.8 Å². The molecular weight excluding hydrogens is 372 g/mol. The summed E-state index contributed by atoms with van der Waals surface area (Å²) in [6.45, 7) is 4.23. The van der Waals surface area contributed by atoms with E-state index >= 15 is 0 Å². The molecule has 3 rings (SSSR count). The Balaban J connectivity index is 1.73. The van der Waals surface area contributed by atoms with Crippen LogP contribution in [-0.2, 0) is 9.59 Å². The number of nitrogens with zero attached hydrogens (tertiary/aromatic N) is 1. The predicted octanol–water partition coefficient (Wildman–Crippen LogP) is 3.20. The van der Waals surface area contributed by atoms with Crippen molar-refractivity contribution in [3.63, 3.8) is 0 Å². The van der Waals surface area contributed by atoms with Crippen LogP contribution in [0, 0.1) is 11.8 Å². The van der Waals surface area contributed by atoms with Crippen LogP contribution in [0.4, 0.5) is 5.82 Å². The number of halogens is 1. The van der Waals surface area contributed by atoms with E-state index in [1.54, 1.807) is 0 Å². The van der Waals surface area contributed by atoms with Gasteiger partial charge in [0, 0.05) is 28.2 Å². The van der Waals surface area contributed by atoms with Crippen molar-refractivity contribution in [3.05, 3.63) is 22.7 Å². The van der Waals surface area contributed by atoms with Gasteiger partial charge < -0.3 is 10.6 Å². The SMILES string of the molecule is CC(C)CC1CC(C(=O)Nc2n[nH]c3ccc(Br)cc23)CC(=O)N1. The third kappa shape index (κ3) is 3.77. The van der Waals surface area contributed by atoms with E-state index in [0.717, 1.165) is 21.8 Å². The summed E-state index contributed by atoms with van der Waals surface area (Å²) in [7, 11) is 0. The Morgan fingerprint density at radius 3 is 3.00 bits per heavy atom. The standard InChI is InChI=1S/C17H21BrN4O2/c1-9(2)5-12-6-10(7-15(23)19-12)17(24)20-16-13-8-11(18)3-4-14(13)21-22-16/h3-4,8-10,12H,5-7H2,1-2H3,(H,19,23)(H2,20,21,22,24). The second-order valence-corrected chi connectivity index (χ2v) is 7.70. The Morgan fingerprint density at radius 2 is 2.25 bits per heavy atom. The summed E-state index contributed by atoms with van der Waals surface area (Å²) >= 11 is 3.43. The minimum absolute atomic E-state index is 0.0540. The molecule has 2 heterocycles. The van der Waals surface area contributed by atoms with E-state index in [-0.39, 0.29) is 30.2 Å². The van der Waals surface area contributed by atoms with E-state index in [9.17, 15) is 9.59 Å². The lowest BCUT2D eigenvalue weighted by Crippen LogP contribution is -2.46. The van der Waals surface area contributed by atoms with E-state index in [1.165, 1.54) is 0 Å². The van der Waals surface area contributed by atoms with Crippen LogP contribution >= 0.6 is 15.9 Å². The van der Waals surface area contributed by atoms with Crippen LogP contribution in [0.1, 0.15) is 33.1 Å². The molecule has 3 N–H and O–H groups in total. The van der Waals surface area contributed by atoms with Gasteiger partial charge in [-0.25, -0.2) is 0 Å². The maximum absolute atomic E-state index is 12.6. The molecule has 1 aromatic heterocycles. The number of nitrogens with one attached hydrogen (secondary N) is 3. The molecule has 7 heteroatoms. The van der Waals surface area contributed by atoms with Crippen LogP contribution in [-0.4, -0.2) is 28.1 Å². The fourth-order valence-corrected chi connectivity index (χ4v) is 3.58. The van der Waals surface area contributed by atoms with Crippen molar-refractivity contribution in [1.82, 2.24) is 15.5 Å². The average molecular weight is 393 g/mol. The maximum atomic E-state index is 12.6. The lowest BCUT2D eigenvalue weighted by Gasteiger charge is -2.30. The number of H-pyrrole nitrogens is 1. The van der Waals surface area contributed by atoms with Crippen LogP contribution in [0.15, 0.2) is 22.7 Å². The second-order valence-electron chi connectivity index (χ2n) is 6.78. The Morgan fingerprint density at radius 1 is 1.46 bits per heavy atom. The van der Waals surface area contributed by atoms with Crippen LogP contribution < -0.4 is 10.6 Å². The first-order chi connectivity index (χ1) is 11.4. The molecule has 2 unspecified atom stereocenters. The van der Waals surface area contributed by atoms with Crippen molar-refractivity contribution in [2.24, 2.45) is 11.8 Å². The monoisotopic (exact) mass is 392 g/mol.